The summed E-state index contributed by atoms with van der Waals surface area (Å²) < 4.78 is 16.6. The van der Waals surface area contributed by atoms with Gasteiger partial charge in [-0.25, -0.2) is 14.4 Å². The molecule has 0 saturated carbocycles. The summed E-state index contributed by atoms with van der Waals surface area (Å²) in [5.74, 6) is -1.90. The molecule has 4 atom stereocenters. The van der Waals surface area contributed by atoms with Crippen LogP contribution in [-0.4, -0.2) is 36.2 Å². The molecule has 0 N–H and O–H groups in total. The van der Waals surface area contributed by atoms with Gasteiger partial charge in [-0.2, -0.15) is 0 Å². The molecule has 3 aliphatic rings. The molecule has 6 heteroatoms. The summed E-state index contributed by atoms with van der Waals surface area (Å²) in [5.41, 5.74) is 2.22. The third-order valence-corrected chi connectivity index (χ3v) is 5.29. The SMILES string of the molecule is C=C1C(=O)O[C@@H]2C/C=C(\C)CC3C=C(C[C@H](OC(=O)/C(C)=C\C)[C@@H]12)C(=O)O3. The molecule has 0 spiro atoms. The highest BCUT2D eigenvalue weighted by Crippen LogP contribution is 2.38. The predicted molar refractivity (Wildman–Crippen MR) is 97.4 cm³/mol. The number of allylic oxidation sites excluding steroid dienone is 1. The van der Waals surface area contributed by atoms with Gasteiger partial charge < -0.3 is 14.2 Å². The van der Waals surface area contributed by atoms with E-state index in [0.29, 0.717) is 24.0 Å². The van der Waals surface area contributed by atoms with E-state index in [2.05, 4.69) is 6.58 Å². The number of hydrogen-bond acceptors (Lipinski definition) is 6. The lowest BCUT2D eigenvalue weighted by atomic mass is 9.86. The Morgan fingerprint density at radius 3 is 2.70 bits per heavy atom. The number of hydrogen-bond donors (Lipinski definition) is 0. The summed E-state index contributed by atoms with van der Waals surface area (Å²) in [6.07, 6.45) is 5.13. The van der Waals surface area contributed by atoms with E-state index in [-0.39, 0.29) is 18.1 Å². The van der Waals surface area contributed by atoms with Gasteiger partial charge in [0.15, 0.2) is 0 Å². The van der Waals surface area contributed by atoms with E-state index < -0.39 is 36.0 Å². The summed E-state index contributed by atoms with van der Waals surface area (Å²) in [7, 11) is 0. The Kier molecular flexibility index (Phi) is 5.35. The van der Waals surface area contributed by atoms with Crippen molar-refractivity contribution < 1.29 is 28.6 Å². The lowest BCUT2D eigenvalue weighted by Crippen LogP contribution is -2.34. The number of carbonyl (C=O) groups is 3. The van der Waals surface area contributed by atoms with Crippen molar-refractivity contribution >= 4 is 17.9 Å². The second-order valence-electron chi connectivity index (χ2n) is 7.24. The molecule has 144 valence electrons. The number of rotatable bonds is 2. The van der Waals surface area contributed by atoms with Crippen LogP contribution in [0.3, 0.4) is 0 Å². The Morgan fingerprint density at radius 1 is 1.26 bits per heavy atom. The van der Waals surface area contributed by atoms with Gasteiger partial charge >= 0.3 is 17.9 Å². The van der Waals surface area contributed by atoms with E-state index in [1.165, 1.54) is 0 Å². The molecule has 3 rings (SSSR count). The topological polar surface area (TPSA) is 78.9 Å². The van der Waals surface area contributed by atoms with E-state index in [9.17, 15) is 14.4 Å². The van der Waals surface area contributed by atoms with Gasteiger partial charge in [-0.3, -0.25) is 0 Å². The first-order valence-electron chi connectivity index (χ1n) is 9.11. The van der Waals surface area contributed by atoms with Crippen molar-refractivity contribution in [1.29, 1.82) is 0 Å². The average Bonchev–Trinajstić information content (AvgIpc) is 3.09. The standard InChI is InChI=1S/C21H24O6/c1-5-12(3)19(22)27-17-10-14-9-15(25-21(14)24)8-11(2)6-7-16-18(17)13(4)20(23)26-16/h5-6,9,15-18H,4,7-8,10H2,1-3H3/b11-6+,12-5-/t15?,16-,17+,18+/m1/s1. The Balaban J connectivity index is 1.98. The van der Waals surface area contributed by atoms with Crippen LogP contribution in [0, 0.1) is 5.92 Å². The van der Waals surface area contributed by atoms with Gasteiger partial charge in [-0.05, 0) is 26.8 Å². The summed E-state index contributed by atoms with van der Waals surface area (Å²) in [6, 6.07) is 0. The van der Waals surface area contributed by atoms with E-state index >= 15 is 0 Å². The van der Waals surface area contributed by atoms with Crippen molar-refractivity contribution in [3.05, 3.63) is 47.1 Å². The summed E-state index contributed by atoms with van der Waals surface area (Å²) in [4.78, 5) is 36.8. The van der Waals surface area contributed by atoms with Crippen molar-refractivity contribution in [2.75, 3.05) is 0 Å². The summed E-state index contributed by atoms with van der Waals surface area (Å²) in [6.45, 7) is 9.20. The summed E-state index contributed by atoms with van der Waals surface area (Å²) in [5, 5.41) is 0. The first-order chi connectivity index (χ1) is 12.8. The molecule has 0 aromatic rings. The van der Waals surface area contributed by atoms with Crippen LogP contribution in [0.1, 0.15) is 40.0 Å². The number of ether oxygens (including phenoxy) is 3. The zero-order chi connectivity index (χ0) is 19.7. The predicted octanol–water partition coefficient (Wildman–Crippen LogP) is 2.94. The molecule has 27 heavy (non-hydrogen) atoms. The number of fused-ring (bicyclic) bond motifs is 2. The summed E-state index contributed by atoms with van der Waals surface area (Å²) >= 11 is 0. The molecule has 1 aliphatic carbocycles. The third kappa shape index (κ3) is 3.89. The fourth-order valence-corrected chi connectivity index (χ4v) is 3.62. The van der Waals surface area contributed by atoms with Crippen LogP contribution in [0.4, 0.5) is 0 Å². The lowest BCUT2D eigenvalue weighted by Gasteiger charge is -2.27. The Morgan fingerprint density at radius 2 is 2.00 bits per heavy atom. The van der Waals surface area contributed by atoms with E-state index in [1.807, 2.05) is 13.0 Å². The quantitative estimate of drug-likeness (QED) is 0.321. The molecule has 0 aromatic carbocycles. The fraction of sp³-hybridized carbons (Fsp3) is 0.476. The minimum absolute atomic E-state index is 0.161. The molecule has 0 amide bonds. The van der Waals surface area contributed by atoms with Crippen LogP contribution in [0.5, 0.6) is 0 Å². The maximum atomic E-state index is 12.4. The monoisotopic (exact) mass is 372 g/mol. The van der Waals surface area contributed by atoms with Gasteiger partial charge in [-0.15, -0.1) is 0 Å². The molecule has 2 aliphatic heterocycles. The van der Waals surface area contributed by atoms with Gasteiger partial charge in [0.1, 0.15) is 18.3 Å². The maximum absolute atomic E-state index is 12.4. The van der Waals surface area contributed by atoms with Crippen LogP contribution in [-0.2, 0) is 28.6 Å². The lowest BCUT2D eigenvalue weighted by molar-refractivity contribution is -0.149. The Bertz CT molecular complexity index is 784. The van der Waals surface area contributed by atoms with E-state index in [4.69, 9.17) is 14.2 Å². The van der Waals surface area contributed by atoms with Crippen molar-refractivity contribution in [3.63, 3.8) is 0 Å². The molecule has 1 saturated heterocycles. The van der Waals surface area contributed by atoms with Gasteiger partial charge in [0.25, 0.3) is 0 Å². The second-order valence-corrected chi connectivity index (χ2v) is 7.24. The zero-order valence-electron chi connectivity index (χ0n) is 15.8. The highest BCUT2D eigenvalue weighted by molar-refractivity contribution is 5.93. The largest absolute Gasteiger partial charge is 0.458 e. The van der Waals surface area contributed by atoms with Crippen LogP contribution >= 0.6 is 0 Å². The van der Waals surface area contributed by atoms with Crippen molar-refractivity contribution in [2.45, 2.75) is 58.3 Å². The molecule has 0 radical (unpaired) electrons. The van der Waals surface area contributed by atoms with Crippen LogP contribution in [0.15, 0.2) is 47.1 Å². The van der Waals surface area contributed by atoms with Gasteiger partial charge in [-0.1, -0.05) is 24.3 Å². The van der Waals surface area contributed by atoms with Crippen LogP contribution < -0.4 is 0 Å². The van der Waals surface area contributed by atoms with E-state index in [1.54, 1.807) is 26.0 Å². The van der Waals surface area contributed by atoms with Crippen molar-refractivity contribution in [2.24, 2.45) is 5.92 Å². The Labute approximate surface area is 158 Å². The molecule has 1 unspecified atom stereocenters. The third-order valence-electron chi connectivity index (χ3n) is 5.29. The highest BCUT2D eigenvalue weighted by Gasteiger charge is 2.46. The van der Waals surface area contributed by atoms with Gasteiger partial charge in [0, 0.05) is 36.0 Å². The molecule has 1 fully saturated rings. The molecular formula is C21H24O6. The molecule has 0 aromatic heterocycles. The normalized spacial score (nSPS) is 33.1. The average molecular weight is 372 g/mol. The molecule has 6 nitrogen and oxygen atoms in total. The van der Waals surface area contributed by atoms with Crippen LogP contribution in [0.25, 0.3) is 0 Å². The smallest absolute Gasteiger partial charge is 0.334 e. The maximum Gasteiger partial charge on any atom is 0.334 e. The molecule has 2 bridgehead atoms. The van der Waals surface area contributed by atoms with Gasteiger partial charge in [0.05, 0.1) is 5.92 Å². The second kappa shape index (κ2) is 7.55. The fourth-order valence-electron chi connectivity index (χ4n) is 3.62. The Hall–Kier alpha value is -2.63. The zero-order valence-corrected chi connectivity index (χ0v) is 15.8. The highest BCUT2D eigenvalue weighted by atomic mass is 16.6. The minimum Gasteiger partial charge on any atom is -0.458 e. The number of carbonyl (C=O) groups excluding carboxylic acids is 3. The first-order valence-corrected chi connectivity index (χ1v) is 9.11. The van der Waals surface area contributed by atoms with Gasteiger partial charge in [0.2, 0.25) is 0 Å². The first kappa shape index (κ1) is 19.1. The van der Waals surface area contributed by atoms with Crippen LogP contribution in [0.2, 0.25) is 0 Å². The van der Waals surface area contributed by atoms with Crippen molar-refractivity contribution in [1.82, 2.24) is 0 Å². The minimum atomic E-state index is -0.735. The number of esters is 3. The molecule has 2 heterocycles. The van der Waals surface area contributed by atoms with E-state index in [0.717, 1.165) is 5.57 Å². The van der Waals surface area contributed by atoms with Crippen molar-refractivity contribution in [3.8, 4) is 0 Å². The molecular weight excluding hydrogens is 348 g/mol.